The minimum absolute atomic E-state index is 0.424. The molecule has 0 heterocycles. The molecule has 4 heteroatoms. The topological polar surface area (TPSA) is 59.3 Å². The van der Waals surface area contributed by atoms with Crippen molar-refractivity contribution in [3.8, 4) is 29.4 Å². The maximum atomic E-state index is 12.4. The zero-order valence-electron chi connectivity index (χ0n) is 16.8. The number of nitriles is 1. The highest BCUT2D eigenvalue weighted by atomic mass is 16.5. The number of ether oxygens (including phenoxy) is 2. The molecular formula is C27H17NO3. The van der Waals surface area contributed by atoms with Crippen molar-refractivity contribution in [1.29, 1.82) is 5.26 Å². The molecular weight excluding hydrogens is 386 g/mol. The number of hydrogen-bond donors (Lipinski definition) is 0. The van der Waals surface area contributed by atoms with E-state index in [-0.39, 0.29) is 0 Å². The zero-order chi connectivity index (χ0) is 21.6. The summed E-state index contributed by atoms with van der Waals surface area (Å²) in [5.74, 6) is 6.98. The molecule has 0 unspecified atom stereocenters. The molecule has 0 saturated carbocycles. The molecule has 0 N–H and O–H groups in total. The lowest BCUT2D eigenvalue weighted by molar-refractivity contribution is 0.0735. The van der Waals surface area contributed by atoms with Gasteiger partial charge in [-0.25, -0.2) is 4.79 Å². The van der Waals surface area contributed by atoms with Crippen molar-refractivity contribution in [1.82, 2.24) is 0 Å². The van der Waals surface area contributed by atoms with Gasteiger partial charge in [0.05, 0.1) is 24.3 Å². The Labute approximate surface area is 180 Å². The van der Waals surface area contributed by atoms with Gasteiger partial charge in [0.25, 0.3) is 0 Å². The number of nitrogens with zero attached hydrogens (tertiary/aromatic N) is 1. The van der Waals surface area contributed by atoms with E-state index in [0.717, 1.165) is 21.9 Å². The van der Waals surface area contributed by atoms with Crippen molar-refractivity contribution in [2.75, 3.05) is 7.11 Å². The quantitative estimate of drug-likeness (QED) is 0.263. The summed E-state index contributed by atoms with van der Waals surface area (Å²) in [6.45, 7) is 0. The highest BCUT2D eigenvalue weighted by molar-refractivity contribution is 5.92. The third kappa shape index (κ3) is 4.72. The number of carbonyl (C=O) groups excluding carboxylic acids is 1. The van der Waals surface area contributed by atoms with Crippen LogP contribution in [0.5, 0.6) is 11.5 Å². The highest BCUT2D eigenvalue weighted by Crippen LogP contribution is 2.23. The molecule has 0 radical (unpaired) electrons. The van der Waals surface area contributed by atoms with Crippen LogP contribution in [-0.2, 0) is 0 Å². The van der Waals surface area contributed by atoms with Crippen LogP contribution in [0.3, 0.4) is 0 Å². The van der Waals surface area contributed by atoms with E-state index in [1.54, 1.807) is 49.6 Å². The lowest BCUT2D eigenvalue weighted by Crippen LogP contribution is -2.08. The van der Waals surface area contributed by atoms with E-state index in [4.69, 9.17) is 14.7 Å². The van der Waals surface area contributed by atoms with Crippen molar-refractivity contribution in [3.63, 3.8) is 0 Å². The molecule has 0 saturated heterocycles. The first kappa shape index (κ1) is 19.8. The molecule has 0 amide bonds. The van der Waals surface area contributed by atoms with Crippen molar-refractivity contribution in [3.05, 3.63) is 107 Å². The summed E-state index contributed by atoms with van der Waals surface area (Å²) in [7, 11) is 1.58. The molecule has 4 nitrogen and oxygen atoms in total. The second-order valence-electron chi connectivity index (χ2n) is 6.78. The molecule has 4 aromatic rings. The summed E-state index contributed by atoms with van der Waals surface area (Å²) < 4.78 is 10.6. The maximum absolute atomic E-state index is 12.4. The summed E-state index contributed by atoms with van der Waals surface area (Å²) in [5, 5.41) is 10.8. The summed E-state index contributed by atoms with van der Waals surface area (Å²) in [6, 6.07) is 27.4. The first-order valence-corrected chi connectivity index (χ1v) is 9.57. The minimum Gasteiger partial charge on any atom is -0.497 e. The van der Waals surface area contributed by atoms with Gasteiger partial charge in [0.1, 0.15) is 11.5 Å². The van der Waals surface area contributed by atoms with Gasteiger partial charge >= 0.3 is 5.97 Å². The molecule has 0 bridgehead atoms. The molecule has 0 spiro atoms. The SMILES string of the molecule is COc1ccc(C(=O)Oc2ccc3cc(C#Cc4ccc(C#N)cc4)ccc3c2)cc1. The monoisotopic (exact) mass is 403 g/mol. The molecule has 4 aromatic carbocycles. The van der Waals surface area contributed by atoms with Crippen LogP contribution < -0.4 is 9.47 Å². The highest BCUT2D eigenvalue weighted by Gasteiger charge is 2.09. The number of fused-ring (bicyclic) bond motifs is 1. The normalized spacial score (nSPS) is 9.94. The summed E-state index contributed by atoms with van der Waals surface area (Å²) in [6.07, 6.45) is 0. The standard InChI is InChI=1S/C27H17NO3/c1-30-25-13-10-22(11-14-25)27(29)31-26-15-12-23-16-20(8-9-24(23)17-26)5-2-19-3-6-21(18-28)7-4-19/h3-4,6-17H,1H3. The third-order valence-electron chi connectivity index (χ3n) is 4.71. The molecule has 0 aliphatic heterocycles. The number of hydrogen-bond acceptors (Lipinski definition) is 4. The molecule has 0 fully saturated rings. The first-order valence-electron chi connectivity index (χ1n) is 9.57. The molecule has 4 rings (SSSR count). The van der Waals surface area contributed by atoms with Gasteiger partial charge in [-0.15, -0.1) is 0 Å². The maximum Gasteiger partial charge on any atom is 0.343 e. The Hall–Kier alpha value is -4.54. The molecule has 0 aromatic heterocycles. The van der Waals surface area contributed by atoms with Gasteiger partial charge in [0.2, 0.25) is 0 Å². The van der Waals surface area contributed by atoms with Gasteiger partial charge in [-0.2, -0.15) is 5.26 Å². The lowest BCUT2D eigenvalue weighted by Gasteiger charge is -2.07. The van der Waals surface area contributed by atoms with Gasteiger partial charge in [-0.05, 0) is 83.6 Å². The second kappa shape index (κ2) is 8.86. The Kier molecular flexibility index (Phi) is 5.65. The van der Waals surface area contributed by atoms with Crippen LogP contribution in [0.2, 0.25) is 0 Å². The molecule has 31 heavy (non-hydrogen) atoms. The smallest absolute Gasteiger partial charge is 0.343 e. The predicted octanol–water partition coefficient (Wildman–Crippen LogP) is 5.34. The van der Waals surface area contributed by atoms with Crippen molar-refractivity contribution >= 4 is 16.7 Å². The first-order chi connectivity index (χ1) is 15.1. The van der Waals surface area contributed by atoms with E-state index in [9.17, 15) is 4.79 Å². The van der Waals surface area contributed by atoms with E-state index in [1.807, 2.05) is 42.5 Å². The van der Waals surface area contributed by atoms with E-state index in [0.29, 0.717) is 22.6 Å². The minimum atomic E-state index is -0.424. The average molecular weight is 403 g/mol. The van der Waals surface area contributed by atoms with E-state index in [1.165, 1.54) is 0 Å². The number of methoxy groups -OCH3 is 1. The van der Waals surface area contributed by atoms with Crippen molar-refractivity contribution in [2.24, 2.45) is 0 Å². The van der Waals surface area contributed by atoms with E-state index >= 15 is 0 Å². The Bertz CT molecular complexity index is 1350. The number of benzene rings is 4. The van der Waals surface area contributed by atoms with Crippen molar-refractivity contribution < 1.29 is 14.3 Å². The fraction of sp³-hybridized carbons (Fsp3) is 0.0370. The summed E-state index contributed by atoms with van der Waals surface area (Å²) in [4.78, 5) is 12.4. The zero-order valence-corrected chi connectivity index (χ0v) is 16.8. The third-order valence-corrected chi connectivity index (χ3v) is 4.71. The Morgan fingerprint density at radius 3 is 2.00 bits per heavy atom. The van der Waals surface area contributed by atoms with Crippen molar-refractivity contribution in [2.45, 2.75) is 0 Å². The number of carbonyl (C=O) groups is 1. The Morgan fingerprint density at radius 1 is 0.710 bits per heavy atom. The Morgan fingerprint density at radius 2 is 1.29 bits per heavy atom. The molecule has 0 aliphatic carbocycles. The van der Waals surface area contributed by atoms with Gasteiger partial charge < -0.3 is 9.47 Å². The van der Waals surface area contributed by atoms with Crippen LogP contribution in [0.25, 0.3) is 10.8 Å². The number of esters is 1. The van der Waals surface area contributed by atoms with E-state index < -0.39 is 5.97 Å². The summed E-state index contributed by atoms with van der Waals surface area (Å²) in [5.41, 5.74) is 2.79. The summed E-state index contributed by atoms with van der Waals surface area (Å²) >= 11 is 0. The van der Waals surface area contributed by atoms with Gasteiger partial charge in [-0.3, -0.25) is 0 Å². The second-order valence-corrected chi connectivity index (χ2v) is 6.78. The number of rotatable bonds is 3. The fourth-order valence-electron chi connectivity index (χ4n) is 3.03. The van der Waals surface area contributed by atoms with Gasteiger partial charge in [0.15, 0.2) is 0 Å². The molecule has 0 aliphatic rings. The van der Waals surface area contributed by atoms with Crippen LogP contribution in [0.4, 0.5) is 0 Å². The van der Waals surface area contributed by atoms with Crippen LogP contribution in [0.15, 0.2) is 84.9 Å². The van der Waals surface area contributed by atoms with Crippen LogP contribution in [0.1, 0.15) is 27.0 Å². The largest absolute Gasteiger partial charge is 0.497 e. The van der Waals surface area contributed by atoms with Crippen LogP contribution in [0, 0.1) is 23.2 Å². The predicted molar refractivity (Wildman–Crippen MR) is 119 cm³/mol. The lowest BCUT2D eigenvalue weighted by atomic mass is 10.1. The molecule has 148 valence electrons. The Balaban J connectivity index is 1.50. The average Bonchev–Trinajstić information content (AvgIpc) is 2.83. The fourth-order valence-corrected chi connectivity index (χ4v) is 3.03. The van der Waals surface area contributed by atoms with Crippen LogP contribution >= 0.6 is 0 Å². The van der Waals surface area contributed by atoms with Crippen LogP contribution in [-0.4, -0.2) is 13.1 Å². The van der Waals surface area contributed by atoms with Gasteiger partial charge in [0, 0.05) is 11.1 Å². The molecule has 0 atom stereocenters. The van der Waals surface area contributed by atoms with Gasteiger partial charge in [-0.1, -0.05) is 24.0 Å². The van der Waals surface area contributed by atoms with E-state index in [2.05, 4.69) is 17.9 Å².